The summed E-state index contributed by atoms with van der Waals surface area (Å²) in [4.78, 5) is 22.7. The molecule has 6 nitrogen and oxygen atoms in total. The first-order chi connectivity index (χ1) is 10.0. The summed E-state index contributed by atoms with van der Waals surface area (Å²) in [5.41, 5.74) is 5.83. The summed E-state index contributed by atoms with van der Waals surface area (Å²) in [6.07, 6.45) is 5.02. The maximum absolute atomic E-state index is 12.2. The molecule has 2 saturated carbocycles. The second-order valence-corrected chi connectivity index (χ2v) is 6.18. The molecule has 0 saturated heterocycles. The van der Waals surface area contributed by atoms with Crippen molar-refractivity contribution in [3.63, 3.8) is 0 Å². The summed E-state index contributed by atoms with van der Waals surface area (Å²) >= 11 is 0. The topological polar surface area (TPSA) is 98.3 Å². The number of nitrogen functional groups attached to an aromatic ring is 1. The van der Waals surface area contributed by atoms with Gasteiger partial charge in [0.15, 0.2) is 0 Å². The Hall–Kier alpha value is -2.11. The average Bonchev–Trinajstić information content (AvgIpc) is 3.06. The summed E-state index contributed by atoms with van der Waals surface area (Å²) in [5, 5.41) is 13.8. The molecule has 2 aliphatic carbocycles. The van der Waals surface area contributed by atoms with Gasteiger partial charge in [0.1, 0.15) is 5.56 Å². The predicted molar refractivity (Wildman–Crippen MR) is 78.8 cm³/mol. The number of nitrogens with zero attached hydrogens (tertiary/aromatic N) is 1. The smallest absolute Gasteiger partial charge is 0.282 e. The van der Waals surface area contributed by atoms with Crippen molar-refractivity contribution >= 4 is 17.3 Å². The number of rotatable bonds is 4. The molecule has 1 amide bonds. The fourth-order valence-corrected chi connectivity index (χ4v) is 3.84. The predicted octanol–water partition coefficient (Wildman–Crippen LogP) is 2.34. The lowest BCUT2D eigenvalue weighted by atomic mass is 9.89. The highest BCUT2D eigenvalue weighted by Gasteiger charge is 2.39. The highest BCUT2D eigenvalue weighted by atomic mass is 16.6. The molecule has 2 aliphatic rings. The quantitative estimate of drug-likeness (QED) is 0.505. The van der Waals surface area contributed by atoms with E-state index in [2.05, 4.69) is 5.32 Å². The SMILES string of the molecule is Nc1ccc([N+](=O)[O-])c(C(=O)NCC2CC3CCC2C3)c1. The zero-order valence-electron chi connectivity index (χ0n) is 11.7. The largest absolute Gasteiger partial charge is 0.399 e. The van der Waals surface area contributed by atoms with Crippen molar-refractivity contribution in [1.29, 1.82) is 0 Å². The van der Waals surface area contributed by atoms with Crippen LogP contribution in [0.3, 0.4) is 0 Å². The molecule has 3 unspecified atom stereocenters. The molecule has 0 aromatic heterocycles. The minimum Gasteiger partial charge on any atom is -0.399 e. The number of benzene rings is 1. The van der Waals surface area contributed by atoms with Crippen molar-refractivity contribution in [2.45, 2.75) is 25.7 Å². The lowest BCUT2D eigenvalue weighted by Crippen LogP contribution is -2.32. The standard InChI is InChI=1S/C15H19N3O3/c16-12-3-4-14(18(20)21)13(7-12)15(19)17-8-11-6-9-1-2-10(11)5-9/h3-4,7,9-11H,1-2,5-6,8,16H2,(H,17,19). The number of hydrogen-bond acceptors (Lipinski definition) is 4. The average molecular weight is 289 g/mol. The molecule has 1 aromatic carbocycles. The van der Waals surface area contributed by atoms with Crippen LogP contribution in [0.1, 0.15) is 36.0 Å². The maximum atomic E-state index is 12.2. The van der Waals surface area contributed by atoms with Gasteiger partial charge in [0.25, 0.3) is 11.6 Å². The summed E-state index contributed by atoms with van der Waals surface area (Å²) in [6.45, 7) is 0.603. The first-order valence-corrected chi connectivity index (χ1v) is 7.36. The van der Waals surface area contributed by atoms with Gasteiger partial charge in [-0.2, -0.15) is 0 Å². The minimum atomic E-state index is -0.550. The Morgan fingerprint density at radius 2 is 2.19 bits per heavy atom. The van der Waals surface area contributed by atoms with Gasteiger partial charge in [-0.15, -0.1) is 0 Å². The zero-order chi connectivity index (χ0) is 15.0. The van der Waals surface area contributed by atoms with Gasteiger partial charge in [-0.25, -0.2) is 0 Å². The summed E-state index contributed by atoms with van der Waals surface area (Å²) in [7, 11) is 0. The molecular weight excluding hydrogens is 270 g/mol. The number of carbonyl (C=O) groups excluding carboxylic acids is 1. The number of nitrogens with one attached hydrogen (secondary N) is 1. The number of fused-ring (bicyclic) bond motifs is 2. The number of amides is 1. The molecule has 2 fully saturated rings. The lowest BCUT2D eigenvalue weighted by Gasteiger charge is -2.21. The van der Waals surface area contributed by atoms with Crippen LogP contribution in [0.2, 0.25) is 0 Å². The summed E-state index contributed by atoms with van der Waals surface area (Å²) < 4.78 is 0. The Morgan fingerprint density at radius 1 is 1.38 bits per heavy atom. The van der Waals surface area contributed by atoms with Crippen LogP contribution in [0.15, 0.2) is 18.2 Å². The van der Waals surface area contributed by atoms with E-state index in [1.54, 1.807) is 0 Å². The first kappa shape index (κ1) is 13.9. The van der Waals surface area contributed by atoms with E-state index in [1.165, 1.54) is 43.9 Å². The third kappa shape index (κ3) is 2.70. The number of hydrogen-bond donors (Lipinski definition) is 2. The van der Waals surface area contributed by atoms with Crippen molar-refractivity contribution in [3.8, 4) is 0 Å². The van der Waals surface area contributed by atoms with Crippen molar-refractivity contribution in [2.24, 2.45) is 17.8 Å². The highest BCUT2D eigenvalue weighted by molar-refractivity contribution is 5.99. The Morgan fingerprint density at radius 3 is 2.81 bits per heavy atom. The lowest BCUT2D eigenvalue weighted by molar-refractivity contribution is -0.385. The van der Waals surface area contributed by atoms with Gasteiger partial charge in [0.2, 0.25) is 0 Å². The van der Waals surface area contributed by atoms with Gasteiger partial charge in [-0.1, -0.05) is 6.42 Å². The van der Waals surface area contributed by atoms with Crippen LogP contribution in [0.5, 0.6) is 0 Å². The Balaban J connectivity index is 1.68. The van der Waals surface area contributed by atoms with Crippen LogP contribution in [-0.4, -0.2) is 17.4 Å². The number of nitro benzene ring substituents is 1. The van der Waals surface area contributed by atoms with Gasteiger partial charge in [-0.3, -0.25) is 14.9 Å². The number of nitrogens with two attached hydrogens (primary N) is 1. The van der Waals surface area contributed by atoms with Crippen molar-refractivity contribution in [3.05, 3.63) is 33.9 Å². The fourth-order valence-electron chi connectivity index (χ4n) is 3.84. The molecule has 1 aromatic rings. The number of nitro groups is 1. The van der Waals surface area contributed by atoms with E-state index in [9.17, 15) is 14.9 Å². The minimum absolute atomic E-state index is 0.0446. The summed E-state index contributed by atoms with van der Waals surface area (Å²) in [6, 6.07) is 4.08. The number of carbonyl (C=O) groups is 1. The highest BCUT2D eigenvalue weighted by Crippen LogP contribution is 2.47. The van der Waals surface area contributed by atoms with Gasteiger partial charge in [0.05, 0.1) is 4.92 Å². The van der Waals surface area contributed by atoms with Gasteiger partial charge < -0.3 is 11.1 Å². The third-order valence-electron chi connectivity index (χ3n) is 4.87. The monoisotopic (exact) mass is 289 g/mol. The molecule has 3 rings (SSSR count). The van der Waals surface area contributed by atoms with E-state index in [4.69, 9.17) is 5.73 Å². The molecule has 3 atom stereocenters. The molecule has 0 aliphatic heterocycles. The van der Waals surface area contributed by atoms with Crippen molar-refractivity contribution in [2.75, 3.05) is 12.3 Å². The molecule has 0 heterocycles. The zero-order valence-corrected chi connectivity index (χ0v) is 11.7. The van der Waals surface area contributed by atoms with E-state index in [1.807, 2.05) is 0 Å². The van der Waals surface area contributed by atoms with Crippen LogP contribution < -0.4 is 11.1 Å². The van der Waals surface area contributed by atoms with Crippen molar-refractivity contribution < 1.29 is 9.72 Å². The van der Waals surface area contributed by atoms with E-state index in [-0.39, 0.29) is 11.3 Å². The fraction of sp³-hybridized carbons (Fsp3) is 0.533. The molecule has 6 heteroatoms. The second kappa shape index (κ2) is 5.35. The van der Waals surface area contributed by atoms with Crippen LogP contribution in [0, 0.1) is 27.9 Å². The van der Waals surface area contributed by atoms with E-state index in [0.29, 0.717) is 24.1 Å². The molecule has 21 heavy (non-hydrogen) atoms. The van der Waals surface area contributed by atoms with Gasteiger partial charge >= 0.3 is 0 Å². The van der Waals surface area contributed by atoms with Gasteiger partial charge in [-0.05, 0) is 49.1 Å². The van der Waals surface area contributed by atoms with Crippen LogP contribution in [0.4, 0.5) is 11.4 Å². The normalized spacial score (nSPS) is 26.8. The molecule has 0 spiro atoms. The van der Waals surface area contributed by atoms with E-state index < -0.39 is 10.8 Å². The van der Waals surface area contributed by atoms with Crippen molar-refractivity contribution in [1.82, 2.24) is 5.32 Å². The number of anilines is 1. The molecule has 0 radical (unpaired) electrons. The van der Waals surface area contributed by atoms with E-state index >= 15 is 0 Å². The Bertz CT molecular complexity index is 588. The molecular formula is C15H19N3O3. The second-order valence-electron chi connectivity index (χ2n) is 6.18. The van der Waals surface area contributed by atoms with Crippen LogP contribution >= 0.6 is 0 Å². The molecule has 3 N–H and O–H groups in total. The summed E-state index contributed by atoms with van der Waals surface area (Å²) in [5.74, 6) is 1.65. The van der Waals surface area contributed by atoms with Crippen LogP contribution in [0.25, 0.3) is 0 Å². The van der Waals surface area contributed by atoms with Gasteiger partial charge in [0, 0.05) is 18.3 Å². The van der Waals surface area contributed by atoms with Crippen LogP contribution in [-0.2, 0) is 0 Å². The Labute approximate surface area is 122 Å². The Kier molecular flexibility index (Phi) is 3.53. The first-order valence-electron chi connectivity index (χ1n) is 7.36. The molecule has 112 valence electrons. The van der Waals surface area contributed by atoms with E-state index in [0.717, 1.165) is 5.92 Å². The maximum Gasteiger partial charge on any atom is 0.282 e. The molecule has 2 bridgehead atoms. The third-order valence-corrected chi connectivity index (χ3v) is 4.87.